The van der Waals surface area contributed by atoms with Gasteiger partial charge >= 0.3 is 0 Å². The fraction of sp³-hybridized carbons (Fsp3) is 0.0714. The molecule has 1 atom stereocenters. The molecule has 2 aliphatic rings. The summed E-state index contributed by atoms with van der Waals surface area (Å²) in [6.07, 6.45) is 1.69. The smallest absolute Gasteiger partial charge is 0.123 e. The third kappa shape index (κ3) is 3.97. The Kier molecular flexibility index (Phi) is 5.97. The standard InChI is InChI=1S/C42H32N4/c1-43-26-44-34-20-21-39-40(25-34)46-41(45-39)31-15-14-30-24-33(19-17-29(30)22-31)42(32-18-16-27-8-2-3-9-28(27)23-32)37-12-6-4-10-35(37)36-11-5-7-13-38(36)42/h2-26,41,45-46H,1H3,(H,43,44). The Morgan fingerprint density at radius 1 is 0.565 bits per heavy atom. The van der Waals surface area contributed by atoms with Crippen LogP contribution in [0.5, 0.6) is 0 Å². The highest BCUT2D eigenvalue weighted by Crippen LogP contribution is 2.56. The molecule has 4 nitrogen and oxygen atoms in total. The number of nitrogens with zero attached hydrogens (tertiary/aromatic N) is 1. The summed E-state index contributed by atoms with van der Waals surface area (Å²) in [6, 6.07) is 53.7. The lowest BCUT2D eigenvalue weighted by atomic mass is 9.67. The molecule has 1 aliphatic carbocycles. The normalized spacial score (nSPS) is 15.7. The van der Waals surface area contributed by atoms with E-state index in [4.69, 9.17) is 0 Å². The Morgan fingerprint density at radius 3 is 1.89 bits per heavy atom. The highest BCUT2D eigenvalue weighted by molar-refractivity contribution is 5.92. The van der Waals surface area contributed by atoms with Gasteiger partial charge in [0.15, 0.2) is 0 Å². The van der Waals surface area contributed by atoms with E-state index >= 15 is 0 Å². The molecule has 7 aromatic rings. The number of hydrogen-bond donors (Lipinski definition) is 3. The van der Waals surface area contributed by atoms with E-state index in [2.05, 4.69) is 167 Å². The van der Waals surface area contributed by atoms with Crippen molar-refractivity contribution in [2.24, 2.45) is 4.99 Å². The van der Waals surface area contributed by atoms with E-state index in [0.717, 1.165) is 17.1 Å². The first-order chi connectivity index (χ1) is 22.7. The molecule has 0 spiro atoms. The van der Waals surface area contributed by atoms with Gasteiger partial charge < -0.3 is 16.0 Å². The Balaban J connectivity index is 1.17. The van der Waals surface area contributed by atoms with E-state index in [-0.39, 0.29) is 6.17 Å². The summed E-state index contributed by atoms with van der Waals surface area (Å²) in [4.78, 5) is 4.03. The van der Waals surface area contributed by atoms with Crippen molar-refractivity contribution < 1.29 is 0 Å². The van der Waals surface area contributed by atoms with Crippen molar-refractivity contribution in [1.29, 1.82) is 0 Å². The summed E-state index contributed by atoms with van der Waals surface area (Å²) in [5, 5.41) is 15.5. The van der Waals surface area contributed by atoms with Crippen LogP contribution in [0.15, 0.2) is 151 Å². The van der Waals surface area contributed by atoms with Gasteiger partial charge in [-0.05, 0) is 96.9 Å². The van der Waals surface area contributed by atoms with E-state index in [9.17, 15) is 0 Å². The number of anilines is 3. The third-order valence-electron chi connectivity index (χ3n) is 9.75. The lowest BCUT2D eigenvalue weighted by molar-refractivity contribution is 0.771. The second-order valence-corrected chi connectivity index (χ2v) is 12.2. The van der Waals surface area contributed by atoms with E-state index in [1.54, 1.807) is 13.4 Å². The third-order valence-corrected chi connectivity index (χ3v) is 9.75. The summed E-state index contributed by atoms with van der Waals surface area (Å²) >= 11 is 0. The van der Waals surface area contributed by atoms with Crippen molar-refractivity contribution in [2.45, 2.75) is 11.6 Å². The molecule has 0 radical (unpaired) electrons. The Hall–Kier alpha value is -5.87. The summed E-state index contributed by atoms with van der Waals surface area (Å²) in [5.41, 5.74) is 11.8. The Bertz CT molecular complexity index is 2290. The second-order valence-electron chi connectivity index (χ2n) is 12.2. The molecule has 0 saturated heterocycles. The molecule has 220 valence electrons. The zero-order valence-corrected chi connectivity index (χ0v) is 25.5. The van der Waals surface area contributed by atoms with Gasteiger partial charge in [0.25, 0.3) is 0 Å². The molecule has 4 heteroatoms. The van der Waals surface area contributed by atoms with Gasteiger partial charge in [-0.15, -0.1) is 0 Å². The van der Waals surface area contributed by atoms with Crippen LogP contribution in [-0.2, 0) is 5.41 Å². The largest absolute Gasteiger partial charge is 0.360 e. The van der Waals surface area contributed by atoms with Crippen LogP contribution >= 0.6 is 0 Å². The van der Waals surface area contributed by atoms with Crippen molar-refractivity contribution >= 4 is 44.9 Å². The number of benzene rings is 7. The maximum Gasteiger partial charge on any atom is 0.123 e. The second kappa shape index (κ2) is 10.4. The monoisotopic (exact) mass is 592 g/mol. The molecule has 1 heterocycles. The van der Waals surface area contributed by atoms with E-state index in [1.807, 2.05) is 0 Å². The van der Waals surface area contributed by atoms with E-state index in [1.165, 1.54) is 60.5 Å². The van der Waals surface area contributed by atoms with Crippen molar-refractivity contribution in [3.63, 3.8) is 0 Å². The van der Waals surface area contributed by atoms with Crippen LogP contribution in [0, 0.1) is 0 Å². The van der Waals surface area contributed by atoms with Gasteiger partial charge in [0.2, 0.25) is 0 Å². The fourth-order valence-corrected chi connectivity index (χ4v) is 7.66. The van der Waals surface area contributed by atoms with E-state index < -0.39 is 5.41 Å². The zero-order chi connectivity index (χ0) is 30.7. The topological polar surface area (TPSA) is 48.5 Å². The highest BCUT2D eigenvalue weighted by Gasteiger charge is 2.46. The molecule has 46 heavy (non-hydrogen) atoms. The number of rotatable bonds is 5. The minimum Gasteiger partial charge on any atom is -0.360 e. The molecular formula is C42H32N4. The van der Waals surface area contributed by atoms with Gasteiger partial charge in [-0.2, -0.15) is 0 Å². The van der Waals surface area contributed by atoms with Gasteiger partial charge in [-0.1, -0.05) is 109 Å². The van der Waals surface area contributed by atoms with Crippen LogP contribution in [0.4, 0.5) is 17.1 Å². The highest BCUT2D eigenvalue weighted by atomic mass is 15.2. The Morgan fingerprint density at radius 2 is 1.15 bits per heavy atom. The Labute approximate surface area is 268 Å². The molecule has 0 aromatic heterocycles. The summed E-state index contributed by atoms with van der Waals surface area (Å²) in [7, 11) is 1.76. The number of fused-ring (bicyclic) bond motifs is 6. The quantitative estimate of drug-likeness (QED) is 0.138. The number of aliphatic imine (C=N–C) groups is 1. The lowest BCUT2D eigenvalue weighted by Crippen LogP contribution is -2.28. The first-order valence-electron chi connectivity index (χ1n) is 15.8. The summed E-state index contributed by atoms with van der Waals surface area (Å²) in [5.74, 6) is 0. The van der Waals surface area contributed by atoms with Gasteiger partial charge in [0, 0.05) is 12.7 Å². The lowest BCUT2D eigenvalue weighted by Gasteiger charge is -2.34. The minimum absolute atomic E-state index is 0.00769. The van der Waals surface area contributed by atoms with Gasteiger partial charge in [0.05, 0.1) is 23.1 Å². The molecule has 7 aromatic carbocycles. The predicted molar refractivity (Wildman–Crippen MR) is 193 cm³/mol. The van der Waals surface area contributed by atoms with Crippen LogP contribution in [0.3, 0.4) is 0 Å². The fourth-order valence-electron chi connectivity index (χ4n) is 7.66. The molecule has 3 N–H and O–H groups in total. The van der Waals surface area contributed by atoms with Crippen LogP contribution in [0.25, 0.3) is 32.7 Å². The average molecular weight is 593 g/mol. The van der Waals surface area contributed by atoms with Gasteiger partial charge in [-0.3, -0.25) is 4.99 Å². The first-order valence-corrected chi connectivity index (χ1v) is 15.8. The molecule has 0 saturated carbocycles. The van der Waals surface area contributed by atoms with Crippen LogP contribution in [-0.4, -0.2) is 13.4 Å². The molecule has 0 fully saturated rings. The van der Waals surface area contributed by atoms with Gasteiger partial charge in [-0.25, -0.2) is 0 Å². The van der Waals surface area contributed by atoms with Crippen LogP contribution in [0.2, 0.25) is 0 Å². The van der Waals surface area contributed by atoms with Crippen molar-refractivity contribution in [3.05, 3.63) is 173 Å². The molecule has 9 rings (SSSR count). The molecule has 1 unspecified atom stereocenters. The molecular weight excluding hydrogens is 560 g/mol. The average Bonchev–Trinajstić information content (AvgIpc) is 3.68. The predicted octanol–water partition coefficient (Wildman–Crippen LogP) is 9.96. The maximum absolute atomic E-state index is 4.03. The SMILES string of the molecule is CN=CNc1ccc2c(c1)NC(c1ccc3cc(C4(c5ccc6ccccc6c5)c5ccccc5-c5ccccc54)ccc3c1)N2. The van der Waals surface area contributed by atoms with E-state index in [0.29, 0.717) is 0 Å². The van der Waals surface area contributed by atoms with Gasteiger partial charge in [0.1, 0.15) is 6.17 Å². The summed E-state index contributed by atoms with van der Waals surface area (Å²) < 4.78 is 0. The molecule has 0 amide bonds. The first kappa shape index (κ1) is 26.5. The number of nitrogens with one attached hydrogen (secondary N) is 3. The maximum atomic E-state index is 4.03. The number of hydrogen-bond acceptors (Lipinski definition) is 3. The van der Waals surface area contributed by atoms with Crippen molar-refractivity contribution in [2.75, 3.05) is 23.0 Å². The zero-order valence-electron chi connectivity index (χ0n) is 25.5. The minimum atomic E-state index is -0.436. The summed E-state index contributed by atoms with van der Waals surface area (Å²) in [6.45, 7) is 0. The molecule has 1 aliphatic heterocycles. The molecule has 0 bridgehead atoms. The van der Waals surface area contributed by atoms with Crippen molar-refractivity contribution in [3.8, 4) is 11.1 Å². The van der Waals surface area contributed by atoms with Crippen molar-refractivity contribution in [1.82, 2.24) is 0 Å². The van der Waals surface area contributed by atoms with Crippen LogP contribution in [0.1, 0.15) is 34.0 Å². The van der Waals surface area contributed by atoms with Crippen LogP contribution < -0.4 is 16.0 Å².